The van der Waals surface area contributed by atoms with Crippen LogP contribution >= 0.6 is 0 Å². The number of ether oxygens (including phenoxy) is 3. The van der Waals surface area contributed by atoms with Crippen LogP contribution in [0.3, 0.4) is 0 Å². The molecule has 0 fully saturated rings. The number of anilines is 1. The maximum Gasteiger partial charge on any atom is 0.412 e. The van der Waals surface area contributed by atoms with Gasteiger partial charge in [-0.2, -0.15) is 0 Å². The maximum atomic E-state index is 12.6. The van der Waals surface area contributed by atoms with Crippen LogP contribution in [0.15, 0.2) is 54.7 Å². The third kappa shape index (κ3) is 5.24. The van der Waals surface area contributed by atoms with Gasteiger partial charge in [0, 0.05) is 29.0 Å². The number of pyridine rings is 1. The molecular weight excluding hydrogens is 446 g/mol. The maximum absolute atomic E-state index is 12.6. The molecule has 8 heteroatoms. The minimum Gasteiger partial charge on any atom is -0.489 e. The van der Waals surface area contributed by atoms with Gasteiger partial charge in [-0.15, -0.1) is 0 Å². The van der Waals surface area contributed by atoms with Crippen molar-refractivity contribution in [2.75, 3.05) is 12.4 Å². The molecule has 2 heterocycles. The summed E-state index contributed by atoms with van der Waals surface area (Å²) in [5.41, 5.74) is 3.57. The minimum atomic E-state index is -1.62. The number of hydrogen-bond acceptors (Lipinski definition) is 5. The third-order valence-corrected chi connectivity index (χ3v) is 8.53. The summed E-state index contributed by atoms with van der Waals surface area (Å²) in [6.07, 6.45) is 1.21. The number of carbonyl (C=O) groups is 1. The first kappa shape index (κ1) is 23.8. The summed E-state index contributed by atoms with van der Waals surface area (Å²) in [5, 5.41) is 4.74. The van der Waals surface area contributed by atoms with Gasteiger partial charge in [-0.05, 0) is 30.7 Å². The molecule has 0 radical (unpaired) electrons. The van der Waals surface area contributed by atoms with Crippen molar-refractivity contribution in [2.45, 2.75) is 45.5 Å². The van der Waals surface area contributed by atoms with Crippen molar-refractivity contribution in [1.82, 2.24) is 9.97 Å². The Morgan fingerprint density at radius 3 is 2.56 bits per heavy atom. The molecule has 34 heavy (non-hydrogen) atoms. The summed E-state index contributed by atoms with van der Waals surface area (Å²) in [6, 6.07) is 16.0. The van der Waals surface area contributed by atoms with E-state index in [0.29, 0.717) is 12.4 Å². The van der Waals surface area contributed by atoms with Crippen LogP contribution in [-0.2, 0) is 22.7 Å². The van der Waals surface area contributed by atoms with Gasteiger partial charge >= 0.3 is 6.09 Å². The Balaban J connectivity index is 1.67. The van der Waals surface area contributed by atoms with Crippen LogP contribution in [0.1, 0.15) is 18.1 Å². The average Bonchev–Trinajstić information content (AvgIpc) is 3.17. The number of benzene rings is 2. The summed E-state index contributed by atoms with van der Waals surface area (Å²) < 4.78 is 17.1. The van der Waals surface area contributed by atoms with Crippen molar-refractivity contribution in [2.24, 2.45) is 0 Å². The summed E-state index contributed by atoms with van der Waals surface area (Å²) in [7, 11) is -0.00200. The molecule has 0 spiro atoms. The first-order valence-electron chi connectivity index (χ1n) is 11.3. The van der Waals surface area contributed by atoms with Gasteiger partial charge in [-0.1, -0.05) is 50.0 Å². The minimum absolute atomic E-state index is 0.125. The Hall–Kier alpha value is -3.36. The zero-order valence-electron chi connectivity index (χ0n) is 20.3. The number of nitrogens with one attached hydrogen (secondary N) is 2. The highest BCUT2D eigenvalue weighted by molar-refractivity contribution is 6.77. The van der Waals surface area contributed by atoms with E-state index in [9.17, 15) is 4.79 Å². The number of rotatable bonds is 8. The van der Waals surface area contributed by atoms with E-state index < -0.39 is 14.2 Å². The van der Waals surface area contributed by atoms with E-state index >= 15 is 0 Å². The van der Waals surface area contributed by atoms with E-state index in [1.165, 1.54) is 0 Å². The van der Waals surface area contributed by atoms with Gasteiger partial charge in [0.1, 0.15) is 18.2 Å². The number of H-pyrrole nitrogens is 1. The Morgan fingerprint density at radius 1 is 1.09 bits per heavy atom. The highest BCUT2D eigenvalue weighted by Gasteiger charge is 2.27. The zero-order chi connectivity index (χ0) is 24.3. The van der Waals surface area contributed by atoms with E-state index in [1.807, 2.05) is 55.5 Å². The summed E-state index contributed by atoms with van der Waals surface area (Å²) in [6.45, 7) is 9.19. The average molecular weight is 478 g/mol. The predicted octanol–water partition coefficient (Wildman–Crippen LogP) is 6.26. The van der Waals surface area contributed by atoms with Crippen molar-refractivity contribution in [3.05, 3.63) is 65.9 Å². The molecule has 7 nitrogen and oxygen atoms in total. The van der Waals surface area contributed by atoms with Gasteiger partial charge in [0.15, 0.2) is 0 Å². The molecule has 0 saturated heterocycles. The SMILES string of the molecule is COCc1c(NC(=O)OC(C)[Si](C)(C)C)ncc2[nH]c3ccc(OCc4ccccc4)cc3c12. The van der Waals surface area contributed by atoms with Crippen LogP contribution in [0.2, 0.25) is 19.6 Å². The number of amides is 1. The molecule has 0 aliphatic carbocycles. The largest absolute Gasteiger partial charge is 0.489 e. The standard InChI is InChI=1S/C26H31N3O4Si/c1-17(34(3,4)5)33-26(30)29-25-21(16-31-2)24-20-13-19(32-15-18-9-7-6-8-10-18)11-12-22(20)28-23(24)14-27-25/h6-14,17,28H,15-16H2,1-5H3,(H,27,29,30). The quantitative estimate of drug-likeness (QED) is 0.293. The van der Waals surface area contributed by atoms with Gasteiger partial charge in [0.05, 0.1) is 32.1 Å². The second kappa shape index (κ2) is 9.86. The molecule has 2 aromatic heterocycles. The number of nitrogens with zero attached hydrogens (tertiary/aromatic N) is 1. The van der Waals surface area contributed by atoms with Crippen LogP contribution in [0.4, 0.5) is 10.6 Å². The molecule has 1 unspecified atom stereocenters. The van der Waals surface area contributed by atoms with Crippen LogP contribution in [-0.4, -0.2) is 37.0 Å². The first-order chi connectivity index (χ1) is 16.3. The molecule has 0 bridgehead atoms. The summed E-state index contributed by atoms with van der Waals surface area (Å²) in [4.78, 5) is 20.5. The third-order valence-electron chi connectivity index (χ3n) is 5.97. The molecule has 4 aromatic rings. The topological polar surface area (TPSA) is 85.5 Å². The van der Waals surface area contributed by atoms with Gasteiger partial charge in [0.25, 0.3) is 0 Å². The fourth-order valence-electron chi connectivity index (χ4n) is 3.63. The molecule has 1 amide bonds. The molecule has 2 aromatic carbocycles. The van der Waals surface area contributed by atoms with E-state index in [4.69, 9.17) is 14.2 Å². The highest BCUT2D eigenvalue weighted by atomic mass is 28.3. The smallest absolute Gasteiger partial charge is 0.412 e. The van der Waals surface area contributed by atoms with Gasteiger partial charge < -0.3 is 19.2 Å². The molecule has 4 rings (SSSR count). The fraction of sp³-hybridized carbons (Fsp3) is 0.308. The van der Waals surface area contributed by atoms with E-state index in [1.54, 1.807) is 13.3 Å². The lowest BCUT2D eigenvalue weighted by molar-refractivity contribution is 0.149. The molecule has 1 atom stereocenters. The number of hydrogen-bond donors (Lipinski definition) is 2. The Morgan fingerprint density at radius 2 is 1.85 bits per heavy atom. The molecule has 2 N–H and O–H groups in total. The van der Waals surface area contributed by atoms with Crippen LogP contribution in [0, 0.1) is 0 Å². The highest BCUT2D eigenvalue weighted by Crippen LogP contribution is 2.34. The Labute approximate surface area is 200 Å². The number of fused-ring (bicyclic) bond motifs is 3. The summed E-state index contributed by atoms with van der Waals surface area (Å²) in [5.74, 6) is 1.19. The molecule has 0 saturated carbocycles. The Bertz CT molecular complexity index is 1300. The van der Waals surface area contributed by atoms with Crippen molar-refractivity contribution in [3.63, 3.8) is 0 Å². The van der Waals surface area contributed by atoms with Crippen molar-refractivity contribution < 1.29 is 19.0 Å². The lowest BCUT2D eigenvalue weighted by Crippen LogP contribution is -2.40. The van der Waals surface area contributed by atoms with Crippen molar-refractivity contribution in [1.29, 1.82) is 0 Å². The van der Waals surface area contributed by atoms with Crippen LogP contribution in [0.25, 0.3) is 21.8 Å². The molecule has 0 aliphatic rings. The second-order valence-corrected chi connectivity index (χ2v) is 15.0. The lowest BCUT2D eigenvalue weighted by Gasteiger charge is -2.25. The number of aromatic nitrogens is 2. The fourth-order valence-corrected chi connectivity index (χ4v) is 4.09. The van der Waals surface area contributed by atoms with Crippen molar-refractivity contribution >= 4 is 41.8 Å². The monoisotopic (exact) mass is 477 g/mol. The van der Waals surface area contributed by atoms with Gasteiger partial charge in [0.2, 0.25) is 0 Å². The predicted molar refractivity (Wildman–Crippen MR) is 138 cm³/mol. The second-order valence-electron chi connectivity index (χ2n) is 9.45. The van der Waals surface area contributed by atoms with Gasteiger partial charge in [-0.25, -0.2) is 9.78 Å². The van der Waals surface area contributed by atoms with E-state index in [2.05, 4.69) is 34.9 Å². The molecule has 178 valence electrons. The normalized spacial score (nSPS) is 12.6. The Kier molecular flexibility index (Phi) is 6.90. The zero-order valence-corrected chi connectivity index (χ0v) is 21.3. The molecular formula is C26H31N3O4Si. The van der Waals surface area contributed by atoms with Crippen molar-refractivity contribution in [3.8, 4) is 5.75 Å². The number of methoxy groups -OCH3 is 1. The van der Waals surface area contributed by atoms with Crippen LogP contribution < -0.4 is 10.1 Å². The number of carbonyl (C=O) groups excluding carboxylic acids is 1. The number of aromatic amines is 1. The molecule has 0 aliphatic heterocycles. The lowest BCUT2D eigenvalue weighted by atomic mass is 10.1. The summed E-state index contributed by atoms with van der Waals surface area (Å²) >= 11 is 0. The van der Waals surface area contributed by atoms with Crippen LogP contribution in [0.5, 0.6) is 5.75 Å². The first-order valence-corrected chi connectivity index (χ1v) is 14.9. The van der Waals surface area contributed by atoms with E-state index in [-0.39, 0.29) is 12.3 Å². The van der Waals surface area contributed by atoms with Gasteiger partial charge in [-0.3, -0.25) is 5.32 Å². The van der Waals surface area contributed by atoms with E-state index in [0.717, 1.165) is 38.7 Å².